The molecule has 4 fully saturated rings. The molecule has 0 aliphatic heterocycles. The quantitative estimate of drug-likeness (QED) is 0.505. The summed E-state index contributed by atoms with van der Waals surface area (Å²) in [6.45, 7) is 2.41. The van der Waals surface area contributed by atoms with Crippen molar-refractivity contribution in [3.63, 3.8) is 0 Å². The van der Waals surface area contributed by atoms with Crippen LogP contribution in [0, 0.1) is 23.7 Å². The maximum Gasteiger partial charge on any atom is 0.0276 e. The van der Waals surface area contributed by atoms with E-state index in [4.69, 9.17) is 0 Å². The Hall–Kier alpha value is 0.730. The van der Waals surface area contributed by atoms with E-state index < -0.39 is 0 Å². The lowest BCUT2D eigenvalue weighted by Gasteiger charge is -2.59. The summed E-state index contributed by atoms with van der Waals surface area (Å²) in [5.74, 6) is 4.46. The van der Waals surface area contributed by atoms with Crippen molar-refractivity contribution in [1.82, 2.24) is 0 Å². The fourth-order valence-electron chi connectivity index (χ4n) is 4.55. The minimum atomic E-state index is 0.713. The summed E-state index contributed by atoms with van der Waals surface area (Å²) >= 11 is 2.82. The summed E-state index contributed by atoms with van der Waals surface area (Å²) in [7, 11) is 0. The Kier molecular flexibility index (Phi) is 1.98. The maximum atomic E-state index is 2.82. The smallest absolute Gasteiger partial charge is 0.0276 e. The second-order valence-corrected chi connectivity index (χ2v) is 7.59. The molecule has 74 valence electrons. The summed E-state index contributed by atoms with van der Waals surface area (Å²) < 4.78 is 0.713. The van der Waals surface area contributed by atoms with Gasteiger partial charge in [0.15, 0.2) is 0 Å². The monoisotopic (exact) mass is 290 g/mol. The van der Waals surface area contributed by atoms with Crippen LogP contribution in [0.2, 0.25) is 0 Å². The molecule has 0 amide bonds. The Labute approximate surface area is 95.0 Å². The van der Waals surface area contributed by atoms with Gasteiger partial charge in [-0.3, -0.25) is 0 Å². The van der Waals surface area contributed by atoms with Gasteiger partial charge in [-0.1, -0.05) is 29.5 Å². The summed E-state index contributed by atoms with van der Waals surface area (Å²) in [6, 6.07) is 0. The van der Waals surface area contributed by atoms with Gasteiger partial charge in [-0.2, -0.15) is 0 Å². The molecule has 0 saturated heterocycles. The van der Waals surface area contributed by atoms with E-state index in [1.165, 1.54) is 6.42 Å². The first-order valence-corrected chi connectivity index (χ1v) is 6.99. The second kappa shape index (κ2) is 2.86. The van der Waals surface area contributed by atoms with Gasteiger partial charge in [0.2, 0.25) is 0 Å². The SMILES string of the molecule is CCC1(I)C2CC3CC(C2)CC1C3. The minimum Gasteiger partial charge on any atom is -0.0783 e. The molecule has 4 aliphatic rings. The Bertz CT molecular complexity index is 193. The first kappa shape index (κ1) is 8.99. The van der Waals surface area contributed by atoms with Gasteiger partial charge in [-0.25, -0.2) is 0 Å². The third kappa shape index (κ3) is 1.15. The molecule has 0 atom stereocenters. The Morgan fingerprint density at radius 1 is 1.00 bits per heavy atom. The molecule has 0 heterocycles. The highest BCUT2D eigenvalue weighted by Crippen LogP contribution is 2.62. The molecule has 1 heteroatoms. The fraction of sp³-hybridized carbons (Fsp3) is 1.00. The van der Waals surface area contributed by atoms with Crippen molar-refractivity contribution >= 4 is 22.6 Å². The summed E-state index contributed by atoms with van der Waals surface area (Å²) in [4.78, 5) is 0. The highest BCUT2D eigenvalue weighted by Gasteiger charge is 2.54. The highest BCUT2D eigenvalue weighted by molar-refractivity contribution is 14.1. The van der Waals surface area contributed by atoms with E-state index in [9.17, 15) is 0 Å². The molecule has 0 aromatic heterocycles. The first-order valence-electron chi connectivity index (χ1n) is 5.91. The van der Waals surface area contributed by atoms with Crippen LogP contribution in [-0.2, 0) is 0 Å². The largest absolute Gasteiger partial charge is 0.0783 e. The van der Waals surface area contributed by atoms with E-state index in [0.717, 1.165) is 23.7 Å². The molecule has 0 spiro atoms. The number of alkyl halides is 1. The summed E-state index contributed by atoms with van der Waals surface area (Å²) in [6.07, 6.45) is 9.30. The molecule has 0 N–H and O–H groups in total. The normalized spacial score (nSPS) is 58.6. The molecule has 0 nitrogen and oxygen atoms in total. The third-order valence-corrected chi connectivity index (χ3v) is 7.56. The van der Waals surface area contributed by atoms with Crippen molar-refractivity contribution in [3.8, 4) is 0 Å². The van der Waals surface area contributed by atoms with Crippen LogP contribution >= 0.6 is 22.6 Å². The Balaban J connectivity index is 1.93. The molecule has 4 saturated carbocycles. The zero-order valence-electron chi connectivity index (χ0n) is 8.43. The molecule has 0 radical (unpaired) electrons. The lowest BCUT2D eigenvalue weighted by molar-refractivity contribution is -0.0103. The van der Waals surface area contributed by atoms with Gasteiger partial charge in [-0.05, 0) is 62.2 Å². The molecule has 13 heavy (non-hydrogen) atoms. The number of halogens is 1. The number of rotatable bonds is 1. The maximum absolute atomic E-state index is 2.82. The van der Waals surface area contributed by atoms with Gasteiger partial charge in [-0.15, -0.1) is 0 Å². The average Bonchev–Trinajstić information content (AvgIpc) is 2.13. The molecule has 4 rings (SSSR count). The van der Waals surface area contributed by atoms with Gasteiger partial charge in [0, 0.05) is 3.42 Å². The van der Waals surface area contributed by atoms with Crippen molar-refractivity contribution in [2.45, 2.75) is 48.9 Å². The summed E-state index contributed by atoms with van der Waals surface area (Å²) in [5, 5.41) is 0. The number of hydrogen-bond donors (Lipinski definition) is 0. The van der Waals surface area contributed by atoms with Crippen LogP contribution in [0.1, 0.15) is 45.4 Å². The second-order valence-electron chi connectivity index (χ2n) is 5.58. The van der Waals surface area contributed by atoms with Crippen LogP contribution in [0.4, 0.5) is 0 Å². The lowest BCUT2D eigenvalue weighted by atomic mass is 9.51. The van der Waals surface area contributed by atoms with Crippen LogP contribution < -0.4 is 0 Å². The van der Waals surface area contributed by atoms with Gasteiger partial charge >= 0.3 is 0 Å². The predicted octanol–water partition coefficient (Wildman–Crippen LogP) is 4.03. The standard InChI is InChI=1S/C12H19I/c1-2-12(13)10-4-8-3-9(6-10)7-11(12)5-8/h8-11H,2-7H2,1H3. The zero-order chi connectivity index (χ0) is 9.05. The van der Waals surface area contributed by atoms with Crippen molar-refractivity contribution in [2.75, 3.05) is 0 Å². The van der Waals surface area contributed by atoms with Gasteiger partial charge in [0.1, 0.15) is 0 Å². The van der Waals surface area contributed by atoms with Gasteiger partial charge < -0.3 is 0 Å². The van der Waals surface area contributed by atoms with Crippen LogP contribution in [0.25, 0.3) is 0 Å². The molecule has 0 aromatic rings. The van der Waals surface area contributed by atoms with Gasteiger partial charge in [0.25, 0.3) is 0 Å². The van der Waals surface area contributed by atoms with Crippen LogP contribution in [0.3, 0.4) is 0 Å². The minimum absolute atomic E-state index is 0.713. The summed E-state index contributed by atoms with van der Waals surface area (Å²) in [5.41, 5.74) is 0. The first-order chi connectivity index (χ1) is 6.22. The molecule has 4 aliphatic carbocycles. The predicted molar refractivity (Wildman–Crippen MR) is 64.1 cm³/mol. The molecular weight excluding hydrogens is 271 g/mol. The molecule has 0 aromatic carbocycles. The molecular formula is C12H19I. The van der Waals surface area contributed by atoms with Gasteiger partial charge in [0.05, 0.1) is 0 Å². The topological polar surface area (TPSA) is 0 Å². The van der Waals surface area contributed by atoms with E-state index in [1.54, 1.807) is 32.1 Å². The van der Waals surface area contributed by atoms with E-state index >= 15 is 0 Å². The lowest BCUT2D eigenvalue weighted by Crippen LogP contribution is -2.53. The van der Waals surface area contributed by atoms with Crippen LogP contribution in [-0.4, -0.2) is 3.42 Å². The van der Waals surface area contributed by atoms with Crippen molar-refractivity contribution in [3.05, 3.63) is 0 Å². The van der Waals surface area contributed by atoms with Crippen molar-refractivity contribution in [1.29, 1.82) is 0 Å². The van der Waals surface area contributed by atoms with E-state index in [-0.39, 0.29) is 0 Å². The Morgan fingerprint density at radius 2 is 1.46 bits per heavy atom. The average molecular weight is 290 g/mol. The van der Waals surface area contributed by atoms with Crippen molar-refractivity contribution < 1.29 is 0 Å². The van der Waals surface area contributed by atoms with E-state index in [2.05, 4.69) is 29.5 Å². The third-order valence-electron chi connectivity index (χ3n) is 5.04. The van der Waals surface area contributed by atoms with E-state index in [0.29, 0.717) is 3.42 Å². The van der Waals surface area contributed by atoms with Crippen LogP contribution in [0.5, 0.6) is 0 Å². The molecule has 4 bridgehead atoms. The van der Waals surface area contributed by atoms with Crippen LogP contribution in [0.15, 0.2) is 0 Å². The molecule has 0 unspecified atom stereocenters. The van der Waals surface area contributed by atoms with E-state index in [1.807, 2.05) is 0 Å². The highest BCUT2D eigenvalue weighted by atomic mass is 127. The fourth-order valence-corrected chi connectivity index (χ4v) is 5.56. The van der Waals surface area contributed by atoms with Crippen molar-refractivity contribution in [2.24, 2.45) is 23.7 Å². The Morgan fingerprint density at radius 3 is 1.85 bits per heavy atom. The zero-order valence-corrected chi connectivity index (χ0v) is 10.6. The number of hydrogen-bond acceptors (Lipinski definition) is 0.